The minimum Gasteiger partial charge on any atom is -0.348 e. The molecule has 1 aromatic heterocycles. The summed E-state index contributed by atoms with van der Waals surface area (Å²) in [6, 6.07) is 0. The normalized spacial score (nSPS) is 12.1. The van der Waals surface area contributed by atoms with Gasteiger partial charge in [0.05, 0.1) is 17.6 Å². The van der Waals surface area contributed by atoms with E-state index in [0.717, 1.165) is 11.6 Å². The fourth-order valence-electron chi connectivity index (χ4n) is 1.61. The molecule has 0 amide bonds. The minimum absolute atomic E-state index is 0.0956. The molecule has 0 atom stereocenters. The van der Waals surface area contributed by atoms with Crippen LogP contribution in [0.15, 0.2) is 6.20 Å². The zero-order valence-electron chi connectivity index (χ0n) is 12.2. The third-order valence-corrected chi connectivity index (χ3v) is 4.69. The average Bonchev–Trinajstić information content (AvgIpc) is 2.66. The van der Waals surface area contributed by atoms with Crippen LogP contribution in [0.3, 0.4) is 0 Å². The van der Waals surface area contributed by atoms with Gasteiger partial charge in [0.2, 0.25) is 16.0 Å². The lowest BCUT2D eigenvalue weighted by Crippen LogP contribution is -2.31. The van der Waals surface area contributed by atoms with Gasteiger partial charge >= 0.3 is 0 Å². The summed E-state index contributed by atoms with van der Waals surface area (Å²) >= 11 is 0. The number of aromatic nitrogens is 2. The highest BCUT2D eigenvalue weighted by molar-refractivity contribution is 7.89. The van der Waals surface area contributed by atoms with Crippen LogP contribution in [0.1, 0.15) is 5.69 Å². The molecule has 0 aromatic carbocycles. The van der Waals surface area contributed by atoms with E-state index in [9.17, 15) is 8.42 Å². The van der Waals surface area contributed by atoms with Crippen LogP contribution < -0.4 is 10.2 Å². The summed E-state index contributed by atoms with van der Waals surface area (Å²) in [5.41, 5.74) is 1.02. The van der Waals surface area contributed by atoms with E-state index in [1.807, 2.05) is 30.6 Å². The van der Waals surface area contributed by atoms with Gasteiger partial charge in [0, 0.05) is 48.3 Å². The van der Waals surface area contributed by atoms with Gasteiger partial charge in [0.1, 0.15) is 0 Å². The van der Waals surface area contributed by atoms with Crippen LogP contribution >= 0.6 is 0 Å². The van der Waals surface area contributed by atoms with Crippen molar-refractivity contribution in [3.63, 3.8) is 0 Å². The molecule has 0 aliphatic heterocycles. The van der Waals surface area contributed by atoms with Crippen molar-refractivity contribution in [3.05, 3.63) is 11.9 Å². The smallest absolute Gasteiger partial charge is 0.214 e. The zero-order valence-corrected chi connectivity index (χ0v) is 13.0. The number of nitrogens with one attached hydrogen (secondary N) is 1. The van der Waals surface area contributed by atoms with Crippen molar-refractivity contribution < 1.29 is 8.42 Å². The van der Waals surface area contributed by atoms with Crippen LogP contribution in [0.4, 0.5) is 5.95 Å². The molecular weight excluding hydrogens is 266 g/mol. The average molecular weight is 289 g/mol. The van der Waals surface area contributed by atoms with Crippen LogP contribution in [-0.4, -0.2) is 62.8 Å². The first kappa shape index (κ1) is 15.9. The van der Waals surface area contributed by atoms with Crippen LogP contribution in [0.5, 0.6) is 0 Å². The van der Waals surface area contributed by atoms with E-state index in [1.165, 1.54) is 4.31 Å². The van der Waals surface area contributed by atoms with E-state index in [0.29, 0.717) is 13.1 Å². The number of anilines is 1. The second kappa shape index (κ2) is 6.36. The van der Waals surface area contributed by atoms with Crippen molar-refractivity contribution >= 4 is 16.0 Å². The van der Waals surface area contributed by atoms with Crippen molar-refractivity contribution in [2.45, 2.75) is 6.54 Å². The fourth-order valence-corrected chi connectivity index (χ4v) is 2.38. The molecule has 1 heterocycles. The molecule has 7 nitrogen and oxygen atoms in total. The summed E-state index contributed by atoms with van der Waals surface area (Å²) in [5, 5.41) is 3.12. The molecule has 0 unspecified atom stereocenters. The summed E-state index contributed by atoms with van der Waals surface area (Å²) in [6.45, 7) is 1.02. The Morgan fingerprint density at radius 1 is 1.32 bits per heavy atom. The Kier molecular flexibility index (Phi) is 5.33. The van der Waals surface area contributed by atoms with Crippen LogP contribution in [-0.2, 0) is 23.6 Å². The second-order valence-electron chi connectivity index (χ2n) is 4.78. The Morgan fingerprint density at radius 2 is 1.95 bits per heavy atom. The van der Waals surface area contributed by atoms with E-state index in [2.05, 4.69) is 10.3 Å². The van der Waals surface area contributed by atoms with Gasteiger partial charge in [-0.2, -0.15) is 0 Å². The maximum Gasteiger partial charge on any atom is 0.214 e. The Hall–Kier alpha value is -1.12. The highest BCUT2D eigenvalue weighted by Gasteiger charge is 2.13. The predicted octanol–water partition coefficient (Wildman–Crippen LogP) is -0.533. The second-order valence-corrected chi connectivity index (χ2v) is 7.08. The fraction of sp³-hybridized carbons (Fsp3) is 0.727. The van der Waals surface area contributed by atoms with Crippen LogP contribution in [0.25, 0.3) is 0 Å². The van der Waals surface area contributed by atoms with E-state index in [-0.39, 0.29) is 5.75 Å². The van der Waals surface area contributed by atoms with Gasteiger partial charge in [-0.15, -0.1) is 0 Å². The molecule has 0 bridgehead atoms. The molecule has 0 fully saturated rings. The molecule has 0 radical (unpaired) electrons. The maximum atomic E-state index is 11.6. The zero-order chi connectivity index (χ0) is 14.6. The first-order valence-electron chi connectivity index (χ1n) is 6.04. The molecule has 0 aliphatic rings. The third kappa shape index (κ3) is 4.19. The molecular formula is C11H23N5O2S. The van der Waals surface area contributed by atoms with Crippen LogP contribution in [0.2, 0.25) is 0 Å². The summed E-state index contributed by atoms with van der Waals surface area (Å²) in [4.78, 5) is 6.22. The lowest BCUT2D eigenvalue weighted by molar-refractivity contribution is 0.517. The Morgan fingerprint density at radius 3 is 2.42 bits per heavy atom. The van der Waals surface area contributed by atoms with Crippen molar-refractivity contribution in [2.24, 2.45) is 7.05 Å². The molecule has 1 rings (SSSR count). The Balaban J connectivity index is 2.47. The SMILES string of the molecule is CN(C)c1ncc(CNCCS(=O)(=O)N(C)C)n1C. The molecule has 1 aromatic rings. The molecule has 0 aliphatic carbocycles. The number of hydrogen-bond donors (Lipinski definition) is 1. The number of sulfonamides is 1. The highest BCUT2D eigenvalue weighted by atomic mass is 32.2. The molecule has 19 heavy (non-hydrogen) atoms. The summed E-state index contributed by atoms with van der Waals surface area (Å²) in [5.74, 6) is 0.969. The van der Waals surface area contributed by atoms with E-state index < -0.39 is 10.0 Å². The number of rotatable bonds is 7. The van der Waals surface area contributed by atoms with Gasteiger partial charge < -0.3 is 14.8 Å². The van der Waals surface area contributed by atoms with Crippen molar-refractivity contribution in [1.29, 1.82) is 0 Å². The molecule has 0 saturated heterocycles. The molecule has 0 spiro atoms. The maximum absolute atomic E-state index is 11.6. The lowest BCUT2D eigenvalue weighted by atomic mass is 10.4. The molecule has 1 N–H and O–H groups in total. The Labute approximate surface area is 115 Å². The van der Waals surface area contributed by atoms with Gasteiger partial charge in [-0.25, -0.2) is 17.7 Å². The first-order chi connectivity index (χ1) is 8.75. The van der Waals surface area contributed by atoms with Gasteiger partial charge in [-0.3, -0.25) is 0 Å². The molecule has 110 valence electrons. The Bertz CT molecular complexity index is 507. The van der Waals surface area contributed by atoms with E-state index in [4.69, 9.17) is 0 Å². The molecule has 8 heteroatoms. The standard InChI is InChI=1S/C11H23N5O2S/c1-14(2)11-13-9-10(16(11)5)8-12-6-7-19(17,18)15(3)4/h9,12H,6-8H2,1-5H3. The van der Waals surface area contributed by atoms with Crippen molar-refractivity contribution in [3.8, 4) is 0 Å². The van der Waals surface area contributed by atoms with Crippen molar-refractivity contribution in [1.82, 2.24) is 19.2 Å². The topological polar surface area (TPSA) is 70.5 Å². The van der Waals surface area contributed by atoms with Gasteiger partial charge in [0.25, 0.3) is 0 Å². The largest absolute Gasteiger partial charge is 0.348 e. The summed E-state index contributed by atoms with van der Waals surface area (Å²) in [7, 11) is 5.76. The lowest BCUT2D eigenvalue weighted by Gasteiger charge is -2.13. The third-order valence-electron chi connectivity index (χ3n) is 2.86. The van der Waals surface area contributed by atoms with Gasteiger partial charge in [-0.1, -0.05) is 0 Å². The van der Waals surface area contributed by atoms with Gasteiger partial charge in [-0.05, 0) is 0 Å². The number of nitrogens with zero attached hydrogens (tertiary/aromatic N) is 4. The monoisotopic (exact) mass is 289 g/mol. The van der Waals surface area contributed by atoms with Crippen LogP contribution in [0, 0.1) is 0 Å². The van der Waals surface area contributed by atoms with Gasteiger partial charge in [0.15, 0.2) is 0 Å². The summed E-state index contributed by atoms with van der Waals surface area (Å²) in [6.07, 6.45) is 1.79. The number of hydrogen-bond acceptors (Lipinski definition) is 5. The predicted molar refractivity (Wildman–Crippen MR) is 76.7 cm³/mol. The molecule has 0 saturated carbocycles. The minimum atomic E-state index is -3.13. The summed E-state index contributed by atoms with van der Waals surface area (Å²) < 4.78 is 26.3. The van der Waals surface area contributed by atoms with E-state index in [1.54, 1.807) is 20.3 Å². The van der Waals surface area contributed by atoms with Crippen molar-refractivity contribution in [2.75, 3.05) is 45.4 Å². The van der Waals surface area contributed by atoms with E-state index >= 15 is 0 Å². The highest BCUT2D eigenvalue weighted by Crippen LogP contribution is 2.10. The number of imidazole rings is 1. The first-order valence-corrected chi connectivity index (χ1v) is 7.65. The quantitative estimate of drug-likeness (QED) is 0.683.